The summed E-state index contributed by atoms with van der Waals surface area (Å²) in [5.74, 6) is 1.23. The minimum atomic E-state index is -0.841. The van der Waals surface area contributed by atoms with Crippen LogP contribution in [0.4, 0.5) is 4.79 Å². The standard InChI is InChI=1S/C19H15NO4/c21-19(24-18-8-4-5-13-20-18)23-17-11-9-16(10-12-17)22-14-15-6-2-1-3-7-15/h1-13H,14H2. The summed E-state index contributed by atoms with van der Waals surface area (Å²) in [5, 5.41) is 0. The number of aromatic nitrogens is 1. The largest absolute Gasteiger partial charge is 0.520 e. The molecule has 0 saturated carbocycles. The second-order valence-electron chi connectivity index (χ2n) is 4.87. The van der Waals surface area contributed by atoms with Crippen LogP contribution in [0.2, 0.25) is 0 Å². The minimum Gasteiger partial charge on any atom is -0.489 e. The molecule has 0 atom stereocenters. The Labute approximate surface area is 139 Å². The molecule has 5 nitrogen and oxygen atoms in total. The second-order valence-corrected chi connectivity index (χ2v) is 4.87. The van der Waals surface area contributed by atoms with Crippen molar-refractivity contribution in [2.45, 2.75) is 6.61 Å². The fraction of sp³-hybridized carbons (Fsp3) is 0.0526. The molecule has 0 aliphatic rings. The number of pyridine rings is 1. The van der Waals surface area contributed by atoms with Crippen LogP contribution in [-0.2, 0) is 6.61 Å². The molecule has 0 unspecified atom stereocenters. The van der Waals surface area contributed by atoms with E-state index in [1.165, 1.54) is 6.20 Å². The molecule has 1 aromatic heterocycles. The number of carbonyl (C=O) groups is 1. The summed E-state index contributed by atoms with van der Waals surface area (Å²) in [5.41, 5.74) is 1.08. The van der Waals surface area contributed by atoms with Crippen molar-refractivity contribution in [1.29, 1.82) is 0 Å². The molecule has 5 heteroatoms. The lowest BCUT2D eigenvalue weighted by atomic mass is 10.2. The third kappa shape index (κ3) is 4.58. The summed E-state index contributed by atoms with van der Waals surface area (Å²) >= 11 is 0. The lowest BCUT2D eigenvalue weighted by molar-refractivity contribution is 0.150. The maximum absolute atomic E-state index is 11.7. The number of carbonyl (C=O) groups excluding carboxylic acids is 1. The van der Waals surface area contributed by atoms with Crippen molar-refractivity contribution in [2.24, 2.45) is 0 Å². The van der Waals surface area contributed by atoms with Crippen LogP contribution in [0.15, 0.2) is 79.0 Å². The van der Waals surface area contributed by atoms with Gasteiger partial charge in [0.25, 0.3) is 0 Å². The summed E-state index contributed by atoms with van der Waals surface area (Å²) in [6, 6.07) is 21.6. The fourth-order valence-electron chi connectivity index (χ4n) is 1.95. The Morgan fingerprint density at radius 3 is 2.21 bits per heavy atom. The van der Waals surface area contributed by atoms with Crippen molar-refractivity contribution in [3.8, 4) is 17.4 Å². The topological polar surface area (TPSA) is 57.7 Å². The molecule has 0 saturated heterocycles. The van der Waals surface area contributed by atoms with Gasteiger partial charge in [-0.25, -0.2) is 9.78 Å². The van der Waals surface area contributed by atoms with Gasteiger partial charge in [-0.15, -0.1) is 0 Å². The normalized spacial score (nSPS) is 10.0. The van der Waals surface area contributed by atoms with Gasteiger partial charge in [0.2, 0.25) is 5.88 Å². The van der Waals surface area contributed by atoms with E-state index >= 15 is 0 Å². The van der Waals surface area contributed by atoms with E-state index in [9.17, 15) is 4.79 Å². The Hall–Kier alpha value is -3.34. The van der Waals surface area contributed by atoms with Gasteiger partial charge in [0.05, 0.1) is 0 Å². The number of hydrogen-bond donors (Lipinski definition) is 0. The lowest BCUT2D eigenvalue weighted by Crippen LogP contribution is -2.14. The van der Waals surface area contributed by atoms with E-state index in [2.05, 4.69) is 4.98 Å². The second kappa shape index (κ2) is 7.78. The van der Waals surface area contributed by atoms with Gasteiger partial charge in [-0.3, -0.25) is 0 Å². The first-order valence-electron chi connectivity index (χ1n) is 7.37. The van der Waals surface area contributed by atoms with Crippen LogP contribution in [0.3, 0.4) is 0 Å². The van der Waals surface area contributed by atoms with Gasteiger partial charge in [0, 0.05) is 12.3 Å². The molecule has 0 bridgehead atoms. The average Bonchev–Trinajstić information content (AvgIpc) is 2.63. The molecule has 24 heavy (non-hydrogen) atoms. The van der Waals surface area contributed by atoms with Crippen LogP contribution in [0.5, 0.6) is 17.4 Å². The molecule has 2 aromatic carbocycles. The molecule has 0 amide bonds. The van der Waals surface area contributed by atoms with E-state index in [0.29, 0.717) is 18.1 Å². The zero-order chi connectivity index (χ0) is 16.6. The number of nitrogens with zero attached hydrogens (tertiary/aromatic N) is 1. The van der Waals surface area contributed by atoms with E-state index in [0.717, 1.165) is 5.56 Å². The van der Waals surface area contributed by atoms with E-state index in [-0.39, 0.29) is 5.88 Å². The van der Waals surface area contributed by atoms with E-state index in [4.69, 9.17) is 14.2 Å². The summed E-state index contributed by atoms with van der Waals surface area (Å²) in [6.07, 6.45) is 0.688. The number of rotatable bonds is 5. The molecule has 0 N–H and O–H groups in total. The van der Waals surface area contributed by atoms with Gasteiger partial charge in [-0.05, 0) is 35.9 Å². The number of benzene rings is 2. The van der Waals surface area contributed by atoms with Crippen molar-refractivity contribution in [2.75, 3.05) is 0 Å². The van der Waals surface area contributed by atoms with Crippen LogP contribution >= 0.6 is 0 Å². The van der Waals surface area contributed by atoms with Crippen molar-refractivity contribution in [1.82, 2.24) is 4.98 Å². The molecular formula is C19H15NO4. The first kappa shape index (κ1) is 15.6. The summed E-state index contributed by atoms with van der Waals surface area (Å²) in [7, 11) is 0. The zero-order valence-electron chi connectivity index (χ0n) is 12.8. The monoisotopic (exact) mass is 321 g/mol. The third-order valence-electron chi connectivity index (χ3n) is 3.10. The predicted octanol–water partition coefficient (Wildman–Crippen LogP) is 4.24. The van der Waals surface area contributed by atoms with Gasteiger partial charge in [-0.2, -0.15) is 0 Å². The zero-order valence-corrected chi connectivity index (χ0v) is 12.8. The first-order chi connectivity index (χ1) is 11.8. The highest BCUT2D eigenvalue weighted by Gasteiger charge is 2.08. The molecule has 0 radical (unpaired) electrons. The molecule has 0 spiro atoms. The maximum atomic E-state index is 11.7. The third-order valence-corrected chi connectivity index (χ3v) is 3.10. The van der Waals surface area contributed by atoms with Crippen molar-refractivity contribution >= 4 is 6.16 Å². The highest BCUT2D eigenvalue weighted by atomic mass is 16.7. The molecule has 0 aliphatic heterocycles. The summed E-state index contributed by atoms with van der Waals surface area (Å²) < 4.78 is 15.7. The van der Waals surface area contributed by atoms with Crippen LogP contribution in [0, 0.1) is 0 Å². The molecule has 0 fully saturated rings. The number of hydrogen-bond acceptors (Lipinski definition) is 5. The predicted molar refractivity (Wildman–Crippen MR) is 88.1 cm³/mol. The lowest BCUT2D eigenvalue weighted by Gasteiger charge is -2.08. The molecule has 1 heterocycles. The summed E-state index contributed by atoms with van der Waals surface area (Å²) in [6.45, 7) is 0.475. The molecular weight excluding hydrogens is 306 g/mol. The molecule has 3 aromatic rings. The van der Waals surface area contributed by atoms with Crippen LogP contribution < -0.4 is 14.2 Å². The average molecular weight is 321 g/mol. The highest BCUT2D eigenvalue weighted by molar-refractivity contribution is 5.66. The van der Waals surface area contributed by atoms with Gasteiger partial charge < -0.3 is 14.2 Å². The smallest absolute Gasteiger partial charge is 0.489 e. The SMILES string of the molecule is O=C(Oc1ccc(OCc2ccccc2)cc1)Oc1ccccn1. The molecule has 0 aliphatic carbocycles. The van der Waals surface area contributed by atoms with E-state index in [1.807, 2.05) is 30.3 Å². The van der Waals surface area contributed by atoms with Gasteiger partial charge in [-0.1, -0.05) is 36.4 Å². The first-order valence-corrected chi connectivity index (χ1v) is 7.37. The van der Waals surface area contributed by atoms with Crippen molar-refractivity contribution < 1.29 is 19.0 Å². The van der Waals surface area contributed by atoms with E-state index in [1.54, 1.807) is 42.5 Å². The quantitative estimate of drug-likeness (QED) is 0.520. The Balaban J connectivity index is 1.51. The van der Waals surface area contributed by atoms with Gasteiger partial charge in [0.15, 0.2) is 0 Å². The Morgan fingerprint density at radius 1 is 0.792 bits per heavy atom. The Kier molecular flexibility index (Phi) is 5.04. The van der Waals surface area contributed by atoms with Gasteiger partial charge in [0.1, 0.15) is 18.1 Å². The fourth-order valence-corrected chi connectivity index (χ4v) is 1.95. The van der Waals surface area contributed by atoms with Crippen molar-refractivity contribution in [3.63, 3.8) is 0 Å². The summed E-state index contributed by atoms with van der Waals surface area (Å²) in [4.78, 5) is 15.5. The van der Waals surface area contributed by atoms with Crippen LogP contribution in [0.25, 0.3) is 0 Å². The Morgan fingerprint density at radius 2 is 1.50 bits per heavy atom. The molecule has 120 valence electrons. The highest BCUT2D eigenvalue weighted by Crippen LogP contribution is 2.19. The maximum Gasteiger partial charge on any atom is 0.520 e. The van der Waals surface area contributed by atoms with Gasteiger partial charge >= 0.3 is 6.16 Å². The van der Waals surface area contributed by atoms with Crippen LogP contribution in [-0.4, -0.2) is 11.1 Å². The van der Waals surface area contributed by atoms with Crippen LogP contribution in [0.1, 0.15) is 5.56 Å². The Bertz CT molecular complexity index is 773. The minimum absolute atomic E-state index is 0.185. The van der Waals surface area contributed by atoms with E-state index < -0.39 is 6.16 Å². The molecule has 3 rings (SSSR count). The van der Waals surface area contributed by atoms with Crippen molar-refractivity contribution in [3.05, 3.63) is 84.6 Å². The number of ether oxygens (including phenoxy) is 3.